The number of aliphatic hydroxyl groups is 2. The van der Waals surface area contributed by atoms with Crippen molar-refractivity contribution in [3.8, 4) is 0 Å². The van der Waals surface area contributed by atoms with E-state index in [9.17, 15) is 29.0 Å². The first-order chi connectivity index (χ1) is 21.4. The van der Waals surface area contributed by atoms with Gasteiger partial charge in [0.1, 0.15) is 23.2 Å². The van der Waals surface area contributed by atoms with E-state index >= 15 is 0 Å². The van der Waals surface area contributed by atoms with Crippen LogP contribution in [0.15, 0.2) is 36.9 Å². The van der Waals surface area contributed by atoms with Gasteiger partial charge in [-0.25, -0.2) is 4.39 Å². The fourth-order valence-corrected chi connectivity index (χ4v) is 10.3. The molecular weight excluding hydrogens is 607 g/mol. The Morgan fingerprint density at radius 3 is 2.48 bits per heavy atom. The third-order valence-electron chi connectivity index (χ3n) is 12.7. The molecule has 1 aromatic rings. The van der Waals surface area contributed by atoms with Gasteiger partial charge in [0.25, 0.3) is 0 Å². The number of benzene rings is 1. The van der Waals surface area contributed by atoms with E-state index in [4.69, 9.17) is 10.5 Å². The van der Waals surface area contributed by atoms with E-state index in [1.165, 1.54) is 36.0 Å². The lowest BCUT2D eigenvalue weighted by atomic mass is 9.44. The van der Waals surface area contributed by atoms with Crippen molar-refractivity contribution in [2.45, 2.75) is 109 Å². The molecule has 0 aliphatic heterocycles. The fraction of sp³-hybridized carbons (Fsp3) is 0.694. The number of amides is 1. The van der Waals surface area contributed by atoms with Crippen molar-refractivity contribution in [3.63, 3.8) is 0 Å². The molecule has 4 aliphatic carbocycles. The van der Waals surface area contributed by atoms with E-state index in [0.717, 1.165) is 19.3 Å². The SMILES string of the molecule is C=C[C@]1(C)C[C@@H](OC(=O)CSCC2(O)CC(NC(=O)C(C)(N)c3ccc(F)cc3)C2)[C@]2(C)C(C)CC[C@]3(CCC(=O)C32)[C@@H](C)[C@@H]1O. The Balaban J connectivity index is 1.20. The molecule has 0 heterocycles. The molecule has 46 heavy (non-hydrogen) atoms. The molecule has 4 aliphatic rings. The van der Waals surface area contributed by atoms with Crippen molar-refractivity contribution in [1.82, 2.24) is 5.32 Å². The molecule has 10 heteroatoms. The first-order valence-electron chi connectivity index (χ1n) is 16.6. The summed E-state index contributed by atoms with van der Waals surface area (Å²) in [6.07, 6.45) is 4.52. The average Bonchev–Trinajstić information content (AvgIpc) is 3.34. The number of aliphatic hydroxyl groups excluding tert-OH is 1. The first-order valence-corrected chi connectivity index (χ1v) is 17.8. The van der Waals surface area contributed by atoms with Crippen LogP contribution in [0.3, 0.4) is 0 Å². The number of carbonyl (C=O) groups is 3. The van der Waals surface area contributed by atoms with E-state index in [1.807, 2.05) is 6.92 Å². The summed E-state index contributed by atoms with van der Waals surface area (Å²) < 4.78 is 19.6. The molecule has 254 valence electrons. The summed E-state index contributed by atoms with van der Waals surface area (Å²) in [6, 6.07) is 5.21. The normalized spacial score (nSPS) is 41.6. The molecule has 0 spiro atoms. The molecule has 0 aromatic heterocycles. The number of hydrogen-bond donors (Lipinski definition) is 4. The van der Waals surface area contributed by atoms with Crippen LogP contribution in [0, 0.1) is 39.8 Å². The lowest BCUT2D eigenvalue weighted by molar-refractivity contribution is -0.205. The van der Waals surface area contributed by atoms with Crippen molar-refractivity contribution in [1.29, 1.82) is 0 Å². The zero-order valence-electron chi connectivity index (χ0n) is 27.8. The van der Waals surface area contributed by atoms with Crippen LogP contribution in [0.5, 0.6) is 0 Å². The van der Waals surface area contributed by atoms with Crippen molar-refractivity contribution < 1.29 is 33.7 Å². The van der Waals surface area contributed by atoms with Gasteiger partial charge in [-0.2, -0.15) is 0 Å². The minimum Gasteiger partial charge on any atom is -0.461 e. The fourth-order valence-electron chi connectivity index (χ4n) is 9.36. The van der Waals surface area contributed by atoms with Gasteiger partial charge in [0, 0.05) is 35.0 Å². The van der Waals surface area contributed by atoms with Gasteiger partial charge < -0.3 is 26.0 Å². The molecular formula is C36H51FN2O6S. The minimum absolute atomic E-state index is 0.0270. The molecule has 9 atom stereocenters. The second-order valence-corrected chi connectivity index (χ2v) is 16.6. The highest BCUT2D eigenvalue weighted by atomic mass is 32.2. The van der Waals surface area contributed by atoms with Crippen LogP contribution in [0.2, 0.25) is 0 Å². The molecule has 5 rings (SSSR count). The van der Waals surface area contributed by atoms with Crippen LogP contribution >= 0.6 is 11.8 Å². The van der Waals surface area contributed by atoms with E-state index in [1.54, 1.807) is 13.0 Å². The Morgan fingerprint density at radius 1 is 1.20 bits per heavy atom. The van der Waals surface area contributed by atoms with Crippen molar-refractivity contribution in [3.05, 3.63) is 48.3 Å². The Bertz CT molecular complexity index is 1360. The predicted molar refractivity (Wildman–Crippen MR) is 176 cm³/mol. The molecule has 1 aromatic carbocycles. The summed E-state index contributed by atoms with van der Waals surface area (Å²) in [5.41, 5.74) is 2.74. The van der Waals surface area contributed by atoms with Crippen molar-refractivity contribution >= 4 is 29.4 Å². The molecule has 3 unspecified atom stereocenters. The minimum atomic E-state index is -1.36. The number of Topliss-reactive ketones (excluding diaryl/α,β-unsaturated/α-hetero) is 1. The highest BCUT2D eigenvalue weighted by molar-refractivity contribution is 8.00. The quantitative estimate of drug-likeness (QED) is 0.222. The number of halogens is 1. The molecule has 0 saturated heterocycles. The number of nitrogens with one attached hydrogen (secondary N) is 1. The molecule has 5 N–H and O–H groups in total. The molecule has 4 fully saturated rings. The number of esters is 1. The number of ketones is 1. The van der Waals surface area contributed by atoms with Crippen LogP contribution in [-0.4, -0.2) is 63.2 Å². The van der Waals surface area contributed by atoms with E-state index in [-0.39, 0.29) is 46.5 Å². The summed E-state index contributed by atoms with van der Waals surface area (Å²) in [5, 5.41) is 25.6. The van der Waals surface area contributed by atoms with Crippen LogP contribution in [0.1, 0.15) is 85.1 Å². The van der Waals surface area contributed by atoms with Crippen LogP contribution in [-0.2, 0) is 24.7 Å². The third kappa shape index (κ3) is 5.86. The van der Waals surface area contributed by atoms with Crippen molar-refractivity contribution in [2.24, 2.45) is 39.7 Å². The number of nitrogens with two attached hydrogens (primary N) is 1. The topological polar surface area (TPSA) is 139 Å². The van der Waals surface area contributed by atoms with Crippen LogP contribution in [0.4, 0.5) is 4.39 Å². The molecule has 8 nitrogen and oxygen atoms in total. The Kier molecular flexibility index (Phi) is 9.38. The van der Waals surface area contributed by atoms with Gasteiger partial charge in [-0.05, 0) is 80.4 Å². The largest absolute Gasteiger partial charge is 0.461 e. The molecule has 2 bridgehead atoms. The summed E-state index contributed by atoms with van der Waals surface area (Å²) in [7, 11) is 0. The summed E-state index contributed by atoms with van der Waals surface area (Å²) in [4.78, 5) is 39.9. The van der Waals surface area contributed by atoms with E-state index in [0.29, 0.717) is 31.2 Å². The highest BCUT2D eigenvalue weighted by Crippen LogP contribution is 2.68. The monoisotopic (exact) mass is 658 g/mol. The van der Waals surface area contributed by atoms with Crippen molar-refractivity contribution in [2.75, 3.05) is 11.5 Å². The second kappa shape index (κ2) is 12.3. The molecule has 4 saturated carbocycles. The summed E-state index contributed by atoms with van der Waals surface area (Å²) in [6.45, 7) is 14.0. The number of hydrogen-bond acceptors (Lipinski definition) is 8. The predicted octanol–water partition coefficient (Wildman–Crippen LogP) is 4.65. The molecule has 0 radical (unpaired) electrons. The standard InChI is InChI=1S/C36H51FN2O6S/c1-7-32(4)18-27(33(5)21(2)12-14-36(22(3)30(32)42)15-13-26(40)29(33)36)45-28(41)19-46-20-35(44)16-25(17-35)39-31(43)34(6,38)23-8-10-24(37)11-9-23/h7-11,21-22,25,27,29-30,42,44H,1,12-20,38H2,2-6H3,(H,39,43)/t21?,22-,25?,27+,29?,30-,32+,33-,34?,35?,36-/m0/s1. The van der Waals surface area contributed by atoms with Gasteiger partial charge >= 0.3 is 5.97 Å². The van der Waals surface area contributed by atoms with E-state index in [2.05, 4.69) is 32.7 Å². The third-order valence-corrected chi connectivity index (χ3v) is 13.9. The Morgan fingerprint density at radius 2 is 1.85 bits per heavy atom. The smallest absolute Gasteiger partial charge is 0.316 e. The number of carbonyl (C=O) groups excluding carboxylic acids is 3. The molecule has 1 amide bonds. The summed E-state index contributed by atoms with van der Waals surface area (Å²) >= 11 is 1.28. The lowest BCUT2D eigenvalue weighted by Crippen LogP contribution is -2.63. The van der Waals surface area contributed by atoms with Gasteiger partial charge in [0.15, 0.2) is 0 Å². The van der Waals surface area contributed by atoms with Gasteiger partial charge in [-0.1, -0.05) is 45.9 Å². The van der Waals surface area contributed by atoms with E-state index < -0.39 is 51.9 Å². The van der Waals surface area contributed by atoms with Crippen LogP contribution in [0.25, 0.3) is 0 Å². The summed E-state index contributed by atoms with van der Waals surface area (Å²) in [5.74, 6) is -0.938. The Labute approximate surface area is 276 Å². The second-order valence-electron chi connectivity index (χ2n) is 15.6. The van der Waals surface area contributed by atoms with Crippen LogP contribution < -0.4 is 11.1 Å². The lowest BCUT2D eigenvalue weighted by Gasteiger charge is -2.61. The zero-order valence-corrected chi connectivity index (χ0v) is 28.6. The first kappa shape index (κ1) is 35.0. The maximum Gasteiger partial charge on any atom is 0.316 e. The van der Waals surface area contributed by atoms with Gasteiger partial charge in [0.05, 0.1) is 17.5 Å². The maximum absolute atomic E-state index is 13.6. The number of thioether (sulfide) groups is 1. The van der Waals surface area contributed by atoms with Gasteiger partial charge in [0.2, 0.25) is 5.91 Å². The number of rotatable bonds is 9. The average molecular weight is 659 g/mol. The zero-order chi connectivity index (χ0) is 33.9. The van der Waals surface area contributed by atoms with Gasteiger partial charge in [-0.3, -0.25) is 14.4 Å². The van der Waals surface area contributed by atoms with Gasteiger partial charge in [-0.15, -0.1) is 18.3 Å². The highest BCUT2D eigenvalue weighted by Gasteiger charge is 2.68. The Hall–Kier alpha value is -2.27. The maximum atomic E-state index is 13.6. The number of ether oxygens (including phenoxy) is 1.